The normalized spacial score (nSPS) is 10.8. The summed E-state index contributed by atoms with van der Waals surface area (Å²) in [6.45, 7) is 5.42. The van der Waals surface area contributed by atoms with E-state index in [9.17, 15) is 4.79 Å². The van der Waals surface area contributed by atoms with Gasteiger partial charge in [0, 0.05) is 24.0 Å². The smallest absolute Gasteiger partial charge is 0.308 e. The number of H-pyrrole nitrogens is 1. The van der Waals surface area contributed by atoms with Crippen molar-refractivity contribution < 1.29 is 9.53 Å². The standard InChI is InChI=1S/C14H18N2O2/c1-3-15-7-6-11-9-16-14-5-4-12(8-13(11)14)18-10(2)17/h4-5,8-9,15-16H,3,6-7H2,1-2H3. The third-order valence-electron chi connectivity index (χ3n) is 2.82. The van der Waals surface area contributed by atoms with Crippen molar-refractivity contribution >= 4 is 16.9 Å². The number of carbonyl (C=O) groups is 1. The van der Waals surface area contributed by atoms with E-state index >= 15 is 0 Å². The predicted molar refractivity (Wildman–Crippen MR) is 71.9 cm³/mol. The van der Waals surface area contributed by atoms with E-state index in [0.29, 0.717) is 5.75 Å². The number of benzene rings is 1. The van der Waals surface area contributed by atoms with E-state index in [1.807, 2.05) is 18.3 Å². The Morgan fingerprint density at radius 2 is 2.28 bits per heavy atom. The van der Waals surface area contributed by atoms with E-state index in [1.54, 1.807) is 6.07 Å². The van der Waals surface area contributed by atoms with Gasteiger partial charge < -0.3 is 15.0 Å². The number of rotatable bonds is 5. The van der Waals surface area contributed by atoms with Crippen LogP contribution in [0.5, 0.6) is 5.75 Å². The van der Waals surface area contributed by atoms with Crippen LogP contribution in [0.1, 0.15) is 19.4 Å². The van der Waals surface area contributed by atoms with Gasteiger partial charge >= 0.3 is 5.97 Å². The molecule has 0 aliphatic rings. The van der Waals surface area contributed by atoms with Gasteiger partial charge in [-0.1, -0.05) is 6.92 Å². The third-order valence-corrected chi connectivity index (χ3v) is 2.82. The highest BCUT2D eigenvalue weighted by Gasteiger charge is 2.06. The Kier molecular flexibility index (Phi) is 3.99. The summed E-state index contributed by atoms with van der Waals surface area (Å²) in [6.07, 6.45) is 2.97. The Morgan fingerprint density at radius 3 is 3.00 bits per heavy atom. The molecule has 4 nitrogen and oxygen atoms in total. The lowest BCUT2D eigenvalue weighted by atomic mass is 10.1. The van der Waals surface area contributed by atoms with E-state index in [4.69, 9.17) is 4.74 Å². The van der Waals surface area contributed by atoms with E-state index < -0.39 is 0 Å². The zero-order valence-corrected chi connectivity index (χ0v) is 10.7. The Morgan fingerprint density at radius 1 is 1.44 bits per heavy atom. The first-order valence-corrected chi connectivity index (χ1v) is 6.20. The van der Waals surface area contributed by atoms with Crippen molar-refractivity contribution in [3.05, 3.63) is 30.0 Å². The van der Waals surface area contributed by atoms with Crippen LogP contribution in [0.15, 0.2) is 24.4 Å². The predicted octanol–water partition coefficient (Wildman–Crippen LogP) is 2.25. The Hall–Kier alpha value is -1.81. The Bertz CT molecular complexity index is 546. The number of hydrogen-bond acceptors (Lipinski definition) is 3. The fourth-order valence-electron chi connectivity index (χ4n) is 1.99. The molecule has 2 rings (SSSR count). The highest BCUT2D eigenvalue weighted by molar-refractivity contribution is 5.85. The summed E-state index contributed by atoms with van der Waals surface area (Å²) in [6, 6.07) is 5.65. The number of fused-ring (bicyclic) bond motifs is 1. The molecule has 4 heteroatoms. The lowest BCUT2D eigenvalue weighted by Gasteiger charge is -2.03. The largest absolute Gasteiger partial charge is 0.427 e. The fourth-order valence-corrected chi connectivity index (χ4v) is 1.99. The van der Waals surface area contributed by atoms with Crippen molar-refractivity contribution in [2.24, 2.45) is 0 Å². The molecule has 0 aliphatic carbocycles. The maximum Gasteiger partial charge on any atom is 0.308 e. The van der Waals surface area contributed by atoms with Crippen molar-refractivity contribution in [3.63, 3.8) is 0 Å². The van der Waals surface area contributed by atoms with E-state index in [0.717, 1.165) is 30.4 Å². The highest BCUT2D eigenvalue weighted by atomic mass is 16.5. The van der Waals surface area contributed by atoms with Crippen molar-refractivity contribution in [1.82, 2.24) is 10.3 Å². The van der Waals surface area contributed by atoms with Crippen molar-refractivity contribution in [3.8, 4) is 5.75 Å². The van der Waals surface area contributed by atoms with Crippen LogP contribution in [-0.4, -0.2) is 24.0 Å². The van der Waals surface area contributed by atoms with Crippen LogP contribution in [0.2, 0.25) is 0 Å². The van der Waals surface area contributed by atoms with Crippen LogP contribution >= 0.6 is 0 Å². The molecule has 1 aromatic heterocycles. The van der Waals surface area contributed by atoms with Crippen molar-refractivity contribution in [2.45, 2.75) is 20.3 Å². The van der Waals surface area contributed by atoms with Gasteiger partial charge in [0.05, 0.1) is 0 Å². The number of likely N-dealkylation sites (N-methyl/N-ethyl adjacent to an activating group) is 1. The topological polar surface area (TPSA) is 54.1 Å². The van der Waals surface area contributed by atoms with Crippen molar-refractivity contribution in [1.29, 1.82) is 0 Å². The summed E-state index contributed by atoms with van der Waals surface area (Å²) in [5.74, 6) is 0.304. The molecule has 0 unspecified atom stereocenters. The number of hydrogen-bond donors (Lipinski definition) is 2. The molecule has 2 aromatic rings. The van der Waals surface area contributed by atoms with Gasteiger partial charge in [-0.25, -0.2) is 0 Å². The second kappa shape index (κ2) is 5.69. The summed E-state index contributed by atoms with van der Waals surface area (Å²) in [5.41, 5.74) is 2.30. The molecule has 0 amide bonds. The molecular weight excluding hydrogens is 228 g/mol. The molecule has 0 aliphatic heterocycles. The van der Waals surface area contributed by atoms with Gasteiger partial charge in [0.15, 0.2) is 0 Å². The third kappa shape index (κ3) is 2.90. The monoisotopic (exact) mass is 246 g/mol. The molecule has 0 radical (unpaired) electrons. The molecule has 1 aromatic carbocycles. The highest BCUT2D eigenvalue weighted by Crippen LogP contribution is 2.24. The average molecular weight is 246 g/mol. The molecule has 0 atom stereocenters. The summed E-state index contributed by atoms with van der Waals surface area (Å²) in [7, 11) is 0. The first kappa shape index (κ1) is 12.6. The minimum atomic E-state index is -0.293. The molecule has 18 heavy (non-hydrogen) atoms. The van der Waals surface area contributed by atoms with Gasteiger partial charge in [-0.05, 0) is 43.3 Å². The molecule has 0 saturated carbocycles. The van der Waals surface area contributed by atoms with Crippen molar-refractivity contribution in [2.75, 3.05) is 13.1 Å². The lowest BCUT2D eigenvalue weighted by molar-refractivity contribution is -0.131. The van der Waals surface area contributed by atoms with E-state index in [-0.39, 0.29) is 5.97 Å². The van der Waals surface area contributed by atoms with Crippen LogP contribution in [0, 0.1) is 0 Å². The molecule has 0 bridgehead atoms. The number of esters is 1. The number of aromatic nitrogens is 1. The summed E-state index contributed by atoms with van der Waals surface area (Å²) in [4.78, 5) is 14.2. The number of nitrogens with one attached hydrogen (secondary N) is 2. The number of ether oxygens (including phenoxy) is 1. The van der Waals surface area contributed by atoms with Gasteiger partial charge in [-0.3, -0.25) is 4.79 Å². The van der Waals surface area contributed by atoms with Crippen LogP contribution in [0.3, 0.4) is 0 Å². The van der Waals surface area contributed by atoms with Gasteiger partial charge in [-0.15, -0.1) is 0 Å². The van der Waals surface area contributed by atoms with Gasteiger partial charge in [0.25, 0.3) is 0 Å². The van der Waals surface area contributed by atoms with E-state index in [2.05, 4.69) is 17.2 Å². The van der Waals surface area contributed by atoms with Crippen LogP contribution in [0.4, 0.5) is 0 Å². The molecule has 2 N–H and O–H groups in total. The quantitative estimate of drug-likeness (QED) is 0.483. The van der Waals surface area contributed by atoms with Crippen LogP contribution in [-0.2, 0) is 11.2 Å². The molecule has 0 spiro atoms. The van der Waals surface area contributed by atoms with Gasteiger partial charge in [0.1, 0.15) is 5.75 Å². The Balaban J connectivity index is 2.22. The summed E-state index contributed by atoms with van der Waals surface area (Å²) >= 11 is 0. The van der Waals surface area contributed by atoms with E-state index in [1.165, 1.54) is 12.5 Å². The molecule has 96 valence electrons. The van der Waals surface area contributed by atoms with Crippen LogP contribution in [0.25, 0.3) is 10.9 Å². The maximum atomic E-state index is 10.9. The average Bonchev–Trinajstić information content (AvgIpc) is 2.72. The second-order valence-corrected chi connectivity index (χ2v) is 4.22. The maximum absolute atomic E-state index is 10.9. The zero-order chi connectivity index (χ0) is 13.0. The number of aromatic amines is 1. The minimum absolute atomic E-state index is 0.293. The summed E-state index contributed by atoms with van der Waals surface area (Å²) < 4.78 is 5.10. The molecule has 0 saturated heterocycles. The summed E-state index contributed by atoms with van der Waals surface area (Å²) in [5, 5.41) is 4.42. The van der Waals surface area contributed by atoms with Gasteiger partial charge in [-0.2, -0.15) is 0 Å². The van der Waals surface area contributed by atoms with Gasteiger partial charge in [0.2, 0.25) is 0 Å². The molecule has 1 heterocycles. The lowest BCUT2D eigenvalue weighted by Crippen LogP contribution is -2.15. The first-order valence-electron chi connectivity index (χ1n) is 6.20. The fraction of sp³-hybridized carbons (Fsp3) is 0.357. The molecule has 0 fully saturated rings. The Labute approximate surface area is 106 Å². The second-order valence-electron chi connectivity index (χ2n) is 4.22. The zero-order valence-electron chi connectivity index (χ0n) is 10.7. The first-order chi connectivity index (χ1) is 8.70. The molecular formula is C14H18N2O2. The number of carbonyl (C=O) groups excluding carboxylic acids is 1. The minimum Gasteiger partial charge on any atom is -0.427 e. The van der Waals surface area contributed by atoms with Crippen LogP contribution < -0.4 is 10.1 Å². The SMILES string of the molecule is CCNCCc1c[nH]c2ccc(OC(C)=O)cc12.